The van der Waals surface area contributed by atoms with Crippen LogP contribution in [0, 0.1) is 17.8 Å². The molecule has 3 heterocycles. The van der Waals surface area contributed by atoms with E-state index in [2.05, 4.69) is 15.1 Å². The van der Waals surface area contributed by atoms with Crippen LogP contribution in [-0.4, -0.2) is 83.5 Å². The van der Waals surface area contributed by atoms with Crippen molar-refractivity contribution in [1.29, 1.82) is 0 Å². The van der Waals surface area contributed by atoms with Gasteiger partial charge in [-0.05, 0) is 116 Å². The number of carbonyl (C=O) groups is 4. The van der Waals surface area contributed by atoms with Gasteiger partial charge in [0.2, 0.25) is 0 Å². The number of hydrogen-bond acceptors (Lipinski definition) is 10. The Kier molecular flexibility index (Phi) is 18.2. The van der Waals surface area contributed by atoms with Gasteiger partial charge in [-0.2, -0.15) is 39.5 Å². The highest BCUT2D eigenvalue weighted by molar-refractivity contribution is 5.95. The van der Waals surface area contributed by atoms with Crippen LogP contribution >= 0.6 is 0 Å². The molecule has 1 amide bonds. The molecular weight excluding hydrogens is 940 g/mol. The molecule has 3 aliphatic heterocycles. The molecule has 20 heteroatoms. The van der Waals surface area contributed by atoms with E-state index < -0.39 is 42.2 Å². The van der Waals surface area contributed by atoms with E-state index in [0.29, 0.717) is 68.6 Å². The van der Waals surface area contributed by atoms with Crippen LogP contribution < -0.4 is 10.8 Å². The van der Waals surface area contributed by atoms with E-state index in [9.17, 15) is 58.7 Å². The third kappa shape index (κ3) is 13.7. The normalized spacial score (nSPS) is 22.7. The van der Waals surface area contributed by atoms with Gasteiger partial charge < -0.3 is 14.8 Å². The minimum Gasteiger partial charge on any atom is -0.465 e. The van der Waals surface area contributed by atoms with Gasteiger partial charge in [-0.15, -0.1) is 0 Å². The summed E-state index contributed by atoms with van der Waals surface area (Å²) in [6.45, 7) is 4.10. The molecule has 3 aromatic rings. The number of nitrogens with zero attached hydrogens (tertiary/aromatic N) is 2. The molecule has 0 saturated heterocycles. The molecule has 70 heavy (non-hydrogen) atoms. The van der Waals surface area contributed by atoms with E-state index in [1.807, 2.05) is 30.3 Å². The van der Waals surface area contributed by atoms with Crippen LogP contribution in [-0.2, 0) is 53.5 Å². The molecule has 0 radical (unpaired) electrons. The maximum atomic E-state index is 12.8. The van der Waals surface area contributed by atoms with Crippen molar-refractivity contribution in [1.82, 2.24) is 20.6 Å². The van der Waals surface area contributed by atoms with Crippen molar-refractivity contribution in [3.63, 3.8) is 0 Å². The lowest BCUT2D eigenvalue weighted by molar-refractivity contribution is -0.185. The standard InChI is InChI=1S/C17H20F3NO2.C16H19F3N2O2.C10H11NO2.C7H9F3O/c1-23-16(22)14-4-2-3-11-9-21(10-15(11)14)13-7-5-12(6-8-13)17(18,19)20;17-16(18,19)11-4-6-12(7-5-11)21-8-10-2-1-3-13(14(10)9-21)15(22)20-23;1-13-10(12)8-4-2-3-7-5-11-6-9(7)8;8-7(9,10)5-1-3-6(11)4-2-5/h2-4,12-13H,5-10H2,1H3;1-3,11-12,23H,4-9H2,(H,20,22);2-4,11H,5-6H2,1H3;5H,1-4H2. The minimum absolute atomic E-state index is 0.0116. The maximum Gasteiger partial charge on any atom is 0.391 e. The highest BCUT2D eigenvalue weighted by Gasteiger charge is 2.45. The number of ketones is 1. The largest absolute Gasteiger partial charge is 0.465 e. The molecule has 0 aromatic heterocycles. The number of nitrogens with one attached hydrogen (secondary N) is 2. The number of ether oxygens (including phenoxy) is 2. The Balaban J connectivity index is 0.000000160. The predicted octanol–water partition coefficient (Wildman–Crippen LogP) is 10.5. The summed E-state index contributed by atoms with van der Waals surface area (Å²) >= 11 is 0. The van der Waals surface area contributed by atoms with Crippen LogP contribution in [0.1, 0.15) is 142 Å². The quantitative estimate of drug-likeness (QED) is 0.0981. The number of amides is 1. The molecule has 3 saturated carbocycles. The zero-order valence-corrected chi connectivity index (χ0v) is 39.0. The number of alkyl halides is 9. The van der Waals surface area contributed by atoms with Crippen molar-refractivity contribution >= 4 is 23.6 Å². The predicted molar refractivity (Wildman–Crippen MR) is 237 cm³/mol. The zero-order valence-electron chi connectivity index (χ0n) is 39.0. The topological polar surface area (TPSA) is 138 Å². The molecule has 3 N–H and O–H groups in total. The fourth-order valence-corrected chi connectivity index (χ4v) is 10.4. The van der Waals surface area contributed by atoms with E-state index in [0.717, 1.165) is 40.9 Å². The summed E-state index contributed by atoms with van der Waals surface area (Å²) in [7, 11) is 2.76. The highest BCUT2D eigenvalue weighted by Crippen LogP contribution is 2.43. The zero-order chi connectivity index (χ0) is 51.0. The Morgan fingerprint density at radius 2 is 0.929 bits per heavy atom. The van der Waals surface area contributed by atoms with Crippen molar-refractivity contribution in [2.24, 2.45) is 17.8 Å². The summed E-state index contributed by atoms with van der Waals surface area (Å²) in [5.41, 5.74) is 9.49. The summed E-state index contributed by atoms with van der Waals surface area (Å²) in [4.78, 5) is 49.8. The molecule has 9 rings (SSSR count). The van der Waals surface area contributed by atoms with Gasteiger partial charge in [0.25, 0.3) is 5.91 Å². The summed E-state index contributed by atoms with van der Waals surface area (Å²) in [5.74, 6) is -4.77. The number of carbonyl (C=O) groups excluding carboxylic acids is 4. The number of methoxy groups -OCH3 is 2. The average Bonchev–Trinajstić information content (AvgIpc) is 4.12. The van der Waals surface area contributed by atoms with Gasteiger partial charge in [0.15, 0.2) is 0 Å². The monoisotopic (exact) mass is 998 g/mol. The van der Waals surface area contributed by atoms with Crippen LogP contribution in [0.25, 0.3) is 0 Å². The number of benzene rings is 3. The first-order valence-corrected chi connectivity index (χ1v) is 23.5. The third-order valence-electron chi connectivity index (χ3n) is 14.4. The fraction of sp³-hybridized carbons (Fsp3) is 0.560. The Bertz CT molecular complexity index is 2190. The lowest BCUT2D eigenvalue weighted by Crippen LogP contribution is -2.37. The maximum absolute atomic E-state index is 12.8. The van der Waals surface area contributed by atoms with Gasteiger partial charge in [0, 0.05) is 69.8 Å². The number of esters is 2. The molecule has 3 aliphatic carbocycles. The fourth-order valence-electron chi connectivity index (χ4n) is 10.4. The first-order chi connectivity index (χ1) is 33.1. The average molecular weight is 999 g/mol. The van der Waals surface area contributed by atoms with Crippen LogP contribution in [0.15, 0.2) is 54.6 Å². The molecule has 0 atom stereocenters. The van der Waals surface area contributed by atoms with Gasteiger partial charge in [-0.3, -0.25) is 24.6 Å². The molecule has 6 aliphatic rings. The van der Waals surface area contributed by atoms with E-state index in [1.165, 1.54) is 19.8 Å². The van der Waals surface area contributed by atoms with Crippen molar-refractivity contribution in [3.05, 3.63) is 105 Å². The van der Waals surface area contributed by atoms with Gasteiger partial charge in [-0.1, -0.05) is 36.4 Å². The highest BCUT2D eigenvalue weighted by atomic mass is 19.4. The molecule has 3 fully saturated rings. The lowest BCUT2D eigenvalue weighted by Gasteiger charge is -2.35. The molecular formula is C50H59F9N4O7. The van der Waals surface area contributed by atoms with Crippen molar-refractivity contribution in [3.8, 4) is 0 Å². The number of rotatable bonds is 5. The van der Waals surface area contributed by atoms with Gasteiger partial charge >= 0.3 is 30.5 Å². The molecule has 0 unspecified atom stereocenters. The Morgan fingerprint density at radius 3 is 1.34 bits per heavy atom. The number of Topliss-reactive ketones (excluding diaryl/α,β-unsaturated/α-hetero) is 1. The summed E-state index contributed by atoms with van der Waals surface area (Å²) < 4.78 is 122. The first kappa shape index (κ1) is 54.3. The second-order valence-electron chi connectivity index (χ2n) is 18.6. The second-order valence-corrected chi connectivity index (χ2v) is 18.6. The van der Waals surface area contributed by atoms with Crippen molar-refractivity contribution in [2.45, 2.75) is 147 Å². The van der Waals surface area contributed by atoms with Crippen molar-refractivity contribution in [2.75, 3.05) is 14.2 Å². The molecule has 0 spiro atoms. The molecule has 3 aromatic carbocycles. The minimum atomic E-state index is -4.10. The summed E-state index contributed by atoms with van der Waals surface area (Å²) in [6, 6.07) is 16.9. The van der Waals surface area contributed by atoms with Crippen LogP contribution in [0.3, 0.4) is 0 Å². The van der Waals surface area contributed by atoms with E-state index in [4.69, 9.17) is 14.7 Å². The van der Waals surface area contributed by atoms with Crippen molar-refractivity contribution < 1.29 is 73.4 Å². The molecule has 384 valence electrons. The first-order valence-electron chi connectivity index (χ1n) is 23.5. The number of fused-ring (bicyclic) bond motifs is 3. The van der Waals surface area contributed by atoms with Gasteiger partial charge in [0.1, 0.15) is 5.78 Å². The third-order valence-corrected chi connectivity index (χ3v) is 14.4. The van der Waals surface area contributed by atoms with Crippen LogP contribution in [0.4, 0.5) is 39.5 Å². The van der Waals surface area contributed by atoms with Crippen LogP contribution in [0.5, 0.6) is 0 Å². The summed E-state index contributed by atoms with van der Waals surface area (Å²) in [6.07, 6.45) is -9.16. The number of hydrogen-bond donors (Lipinski definition) is 3. The number of halogens is 9. The second kappa shape index (κ2) is 23.5. The van der Waals surface area contributed by atoms with Gasteiger partial charge in [0.05, 0.1) is 43.1 Å². The Hall–Kier alpha value is -5.05. The van der Waals surface area contributed by atoms with E-state index >= 15 is 0 Å². The SMILES string of the molecule is COC(=O)c1cccc2c1CN(C1CCC(C(F)(F)F)CC1)C2.COC(=O)c1cccc2c1CNC2.O=C(NO)c1cccc2c1CN(C1CCC(C(F)(F)F)CC1)C2.O=C1CCC(C(F)(F)F)CC1. The lowest BCUT2D eigenvalue weighted by atomic mass is 9.85. The van der Waals surface area contributed by atoms with Crippen LogP contribution in [0.2, 0.25) is 0 Å². The molecule has 11 nitrogen and oxygen atoms in total. The molecule has 0 bridgehead atoms. The van der Waals surface area contributed by atoms with E-state index in [-0.39, 0.29) is 81.2 Å². The Morgan fingerprint density at radius 1 is 0.543 bits per heavy atom. The smallest absolute Gasteiger partial charge is 0.391 e. The summed E-state index contributed by atoms with van der Waals surface area (Å²) in [5, 5.41) is 12.0. The van der Waals surface area contributed by atoms with E-state index in [1.54, 1.807) is 29.7 Å². The number of hydroxylamine groups is 1. The Labute approximate surface area is 400 Å². The van der Waals surface area contributed by atoms with Gasteiger partial charge in [-0.25, -0.2) is 15.1 Å².